The number of benzene rings is 3. The maximum Gasteiger partial charge on any atom is 0.121 e. The highest BCUT2D eigenvalue weighted by Gasteiger charge is 2.36. The molecule has 0 saturated heterocycles. The summed E-state index contributed by atoms with van der Waals surface area (Å²) in [6.45, 7) is 2.17. The van der Waals surface area contributed by atoms with Gasteiger partial charge in [-0.05, 0) is 48.9 Å². The van der Waals surface area contributed by atoms with Gasteiger partial charge in [-0.2, -0.15) is 10.2 Å². The zero-order valence-corrected chi connectivity index (χ0v) is 19.4. The minimum absolute atomic E-state index is 0.560. The highest BCUT2D eigenvalue weighted by molar-refractivity contribution is 5.46. The molecule has 0 atom stereocenters. The summed E-state index contributed by atoms with van der Waals surface area (Å²) in [6, 6.07) is 30.2. The zero-order valence-electron chi connectivity index (χ0n) is 19.4. The number of hydrogen-bond acceptors (Lipinski definition) is 4. The topological polar surface area (TPSA) is 54.1 Å². The molecule has 170 valence electrons. The molecule has 0 aliphatic heterocycles. The number of nitrogens with zero attached hydrogens (tertiary/aromatic N) is 4. The number of hydrogen-bond donors (Lipinski definition) is 0. The summed E-state index contributed by atoms with van der Waals surface area (Å²) in [7, 11) is 3.33. The maximum absolute atomic E-state index is 5.39. The summed E-state index contributed by atoms with van der Waals surface area (Å²) in [6.07, 6.45) is 3.95. The van der Waals surface area contributed by atoms with Gasteiger partial charge < -0.3 is 9.47 Å². The molecule has 0 aliphatic rings. The first-order valence-electron chi connectivity index (χ1n) is 11.1. The van der Waals surface area contributed by atoms with Gasteiger partial charge in [0.15, 0.2) is 0 Å². The van der Waals surface area contributed by atoms with Crippen LogP contribution in [0.1, 0.15) is 23.9 Å². The van der Waals surface area contributed by atoms with Crippen LogP contribution in [0.25, 0.3) is 11.4 Å². The predicted molar refractivity (Wildman–Crippen MR) is 132 cm³/mol. The summed E-state index contributed by atoms with van der Waals surface area (Å²) in [5.41, 5.74) is 4.22. The zero-order chi connectivity index (χ0) is 23.5. The molecular weight excluding hydrogens is 424 g/mol. The molecule has 0 N–H and O–H groups in total. The van der Waals surface area contributed by atoms with Crippen molar-refractivity contribution in [2.75, 3.05) is 14.2 Å². The minimum Gasteiger partial charge on any atom is -0.497 e. The Morgan fingerprint density at radius 1 is 0.618 bits per heavy atom. The lowest BCUT2D eigenvalue weighted by Crippen LogP contribution is -2.27. The van der Waals surface area contributed by atoms with Crippen LogP contribution in [0.15, 0.2) is 103 Å². The fraction of sp³-hybridized carbons (Fsp3) is 0.143. The lowest BCUT2D eigenvalue weighted by atomic mass is 9.77. The van der Waals surface area contributed by atoms with Crippen molar-refractivity contribution in [3.05, 3.63) is 120 Å². The van der Waals surface area contributed by atoms with Gasteiger partial charge in [-0.15, -0.1) is 0 Å². The first-order chi connectivity index (χ1) is 16.6. The van der Waals surface area contributed by atoms with Crippen LogP contribution in [-0.4, -0.2) is 33.8 Å². The molecule has 0 saturated carbocycles. The largest absolute Gasteiger partial charge is 0.497 e. The molecule has 5 rings (SSSR count). The Kier molecular flexibility index (Phi) is 5.64. The van der Waals surface area contributed by atoms with Gasteiger partial charge in [0.2, 0.25) is 0 Å². The lowest BCUT2D eigenvalue weighted by Gasteiger charge is -2.26. The highest BCUT2D eigenvalue weighted by atomic mass is 16.5. The highest BCUT2D eigenvalue weighted by Crippen LogP contribution is 2.37. The minimum atomic E-state index is -0.560. The van der Waals surface area contributed by atoms with Gasteiger partial charge in [-0.3, -0.25) is 0 Å². The SMILES string of the molecule is COc1cccc(-n2ccc(C(C)(c3ccccc3)c3ccn(-c4cccc(OC)c4)n3)n2)c1. The van der Waals surface area contributed by atoms with Gasteiger partial charge >= 0.3 is 0 Å². The molecule has 0 amide bonds. The molecule has 0 bridgehead atoms. The van der Waals surface area contributed by atoms with Crippen LogP contribution in [0.3, 0.4) is 0 Å². The normalized spacial score (nSPS) is 11.4. The third-order valence-electron chi connectivity index (χ3n) is 6.19. The number of aromatic nitrogens is 4. The summed E-state index contributed by atoms with van der Waals surface area (Å²) in [4.78, 5) is 0. The molecule has 2 aromatic heterocycles. The van der Waals surface area contributed by atoms with Gasteiger partial charge in [0.05, 0.1) is 42.4 Å². The van der Waals surface area contributed by atoms with Gasteiger partial charge in [0.1, 0.15) is 11.5 Å². The van der Waals surface area contributed by atoms with Crippen LogP contribution in [0.4, 0.5) is 0 Å². The van der Waals surface area contributed by atoms with E-state index in [9.17, 15) is 0 Å². The Bertz CT molecular complexity index is 1320. The molecule has 34 heavy (non-hydrogen) atoms. The Labute approximate surface area is 199 Å². The van der Waals surface area contributed by atoms with E-state index in [2.05, 4.69) is 31.2 Å². The van der Waals surface area contributed by atoms with Crippen LogP contribution in [0.2, 0.25) is 0 Å². The Morgan fingerprint density at radius 2 is 1.12 bits per heavy atom. The van der Waals surface area contributed by atoms with E-state index in [1.807, 2.05) is 88.5 Å². The molecule has 0 fully saturated rings. The molecule has 3 aromatic carbocycles. The first kappa shape index (κ1) is 21.5. The first-order valence-corrected chi connectivity index (χ1v) is 11.1. The summed E-state index contributed by atoms with van der Waals surface area (Å²) < 4.78 is 14.5. The molecule has 0 unspecified atom stereocenters. The number of ether oxygens (including phenoxy) is 2. The van der Waals surface area contributed by atoms with Gasteiger partial charge in [-0.1, -0.05) is 42.5 Å². The smallest absolute Gasteiger partial charge is 0.121 e. The van der Waals surface area contributed by atoms with E-state index in [1.165, 1.54) is 0 Å². The van der Waals surface area contributed by atoms with E-state index in [0.717, 1.165) is 39.8 Å². The van der Waals surface area contributed by atoms with Crippen LogP contribution in [0, 0.1) is 0 Å². The predicted octanol–water partition coefficient (Wildman–Crippen LogP) is 5.43. The fourth-order valence-electron chi connectivity index (χ4n) is 4.17. The molecule has 6 heteroatoms. The number of methoxy groups -OCH3 is 2. The average molecular weight is 451 g/mol. The second-order valence-corrected chi connectivity index (χ2v) is 8.19. The lowest BCUT2D eigenvalue weighted by molar-refractivity contribution is 0.414. The fourth-order valence-corrected chi connectivity index (χ4v) is 4.17. The molecule has 6 nitrogen and oxygen atoms in total. The van der Waals surface area contributed by atoms with Crippen molar-refractivity contribution in [3.63, 3.8) is 0 Å². The van der Waals surface area contributed by atoms with Gasteiger partial charge in [-0.25, -0.2) is 9.36 Å². The molecular formula is C28H26N4O2. The van der Waals surface area contributed by atoms with Crippen molar-refractivity contribution in [1.82, 2.24) is 19.6 Å². The van der Waals surface area contributed by atoms with Crippen LogP contribution in [-0.2, 0) is 5.41 Å². The van der Waals surface area contributed by atoms with Gasteiger partial charge in [0.25, 0.3) is 0 Å². The number of rotatable bonds is 7. The van der Waals surface area contributed by atoms with Gasteiger partial charge in [0, 0.05) is 24.5 Å². The van der Waals surface area contributed by atoms with Crippen molar-refractivity contribution >= 4 is 0 Å². The van der Waals surface area contributed by atoms with E-state index in [1.54, 1.807) is 14.2 Å². The maximum atomic E-state index is 5.39. The van der Waals surface area contributed by atoms with E-state index in [-0.39, 0.29) is 0 Å². The van der Waals surface area contributed by atoms with Crippen molar-refractivity contribution < 1.29 is 9.47 Å². The second kappa shape index (κ2) is 8.90. The third-order valence-corrected chi connectivity index (χ3v) is 6.19. The van der Waals surface area contributed by atoms with Crippen molar-refractivity contribution in [1.29, 1.82) is 0 Å². The van der Waals surface area contributed by atoms with Crippen LogP contribution < -0.4 is 9.47 Å². The summed E-state index contributed by atoms with van der Waals surface area (Å²) >= 11 is 0. The van der Waals surface area contributed by atoms with Crippen molar-refractivity contribution in [2.24, 2.45) is 0 Å². The third kappa shape index (κ3) is 3.83. The Balaban J connectivity index is 1.60. The van der Waals surface area contributed by atoms with E-state index in [0.29, 0.717) is 0 Å². The van der Waals surface area contributed by atoms with E-state index < -0.39 is 5.41 Å². The molecule has 0 radical (unpaired) electrons. The standard InChI is InChI=1S/C28H26N4O2/c1-28(21-9-5-4-6-10-21,26-15-17-31(29-26)22-11-7-13-24(19-22)33-2)27-16-18-32(30-27)23-12-8-14-25(20-23)34-3/h4-20H,1-3H3. The molecule has 5 aromatic rings. The molecule has 0 aliphatic carbocycles. The van der Waals surface area contributed by atoms with Crippen molar-refractivity contribution in [2.45, 2.75) is 12.3 Å². The molecule has 2 heterocycles. The summed E-state index contributed by atoms with van der Waals surface area (Å²) in [5, 5.41) is 9.96. The Hall–Kier alpha value is -4.32. The quantitative estimate of drug-likeness (QED) is 0.332. The van der Waals surface area contributed by atoms with E-state index >= 15 is 0 Å². The second-order valence-electron chi connectivity index (χ2n) is 8.19. The van der Waals surface area contributed by atoms with Crippen molar-refractivity contribution in [3.8, 4) is 22.9 Å². The molecule has 0 spiro atoms. The Morgan fingerprint density at radius 3 is 1.59 bits per heavy atom. The van der Waals surface area contributed by atoms with E-state index in [4.69, 9.17) is 19.7 Å². The van der Waals surface area contributed by atoms with Crippen LogP contribution in [0.5, 0.6) is 11.5 Å². The monoisotopic (exact) mass is 450 g/mol. The average Bonchev–Trinajstić information content (AvgIpc) is 3.60. The summed E-state index contributed by atoms with van der Waals surface area (Å²) in [5.74, 6) is 1.58. The van der Waals surface area contributed by atoms with Crippen LogP contribution >= 0.6 is 0 Å².